The minimum Gasteiger partial charge on any atom is -0.394 e. The fourth-order valence-electron chi connectivity index (χ4n) is 1.62. The predicted octanol–water partition coefficient (Wildman–Crippen LogP) is 2.08. The molecule has 0 bridgehead atoms. The van der Waals surface area contributed by atoms with Crippen molar-refractivity contribution in [3.8, 4) is 0 Å². The number of carbonyl (C=O) groups is 1. The fourth-order valence-corrected chi connectivity index (χ4v) is 4.65. The van der Waals surface area contributed by atoms with Gasteiger partial charge in [0, 0.05) is 24.5 Å². The van der Waals surface area contributed by atoms with Crippen LogP contribution in [0.1, 0.15) is 32.1 Å². The third kappa shape index (κ3) is 6.55. The number of hydrogen-bond acceptors (Lipinski definition) is 5. The molecule has 1 aliphatic heterocycles. The molecule has 1 aliphatic rings. The van der Waals surface area contributed by atoms with Crippen molar-refractivity contribution in [1.29, 1.82) is 0 Å². The summed E-state index contributed by atoms with van der Waals surface area (Å²) < 4.78 is 0. The van der Waals surface area contributed by atoms with Gasteiger partial charge in [0.25, 0.3) is 0 Å². The largest absolute Gasteiger partial charge is 0.394 e. The van der Waals surface area contributed by atoms with Crippen LogP contribution >= 0.6 is 21.6 Å². The minimum atomic E-state index is -0.0613. The zero-order chi connectivity index (χ0) is 12.5. The van der Waals surface area contributed by atoms with Gasteiger partial charge in [0.1, 0.15) is 0 Å². The van der Waals surface area contributed by atoms with E-state index in [1.807, 2.05) is 21.6 Å². The molecule has 0 saturated carbocycles. The number of aliphatic hydroxyl groups excluding tert-OH is 1. The molecule has 0 radical (unpaired) electrons. The summed E-state index contributed by atoms with van der Waals surface area (Å²) in [6.45, 7) is 0.117. The van der Waals surface area contributed by atoms with Gasteiger partial charge in [-0.1, -0.05) is 28.0 Å². The van der Waals surface area contributed by atoms with Crippen LogP contribution in [0.3, 0.4) is 0 Å². The molecule has 0 aliphatic carbocycles. The lowest BCUT2D eigenvalue weighted by Gasteiger charge is -2.16. The Morgan fingerprint density at radius 3 is 3.00 bits per heavy atom. The van der Waals surface area contributed by atoms with Gasteiger partial charge in [-0.15, -0.1) is 0 Å². The van der Waals surface area contributed by atoms with Gasteiger partial charge in [-0.3, -0.25) is 9.63 Å². The van der Waals surface area contributed by atoms with Crippen molar-refractivity contribution >= 4 is 27.5 Å². The van der Waals surface area contributed by atoms with Crippen LogP contribution < -0.4 is 0 Å². The van der Waals surface area contributed by atoms with Crippen molar-refractivity contribution in [2.75, 3.05) is 26.0 Å². The lowest BCUT2D eigenvalue weighted by molar-refractivity contribution is -0.180. The molecule has 100 valence electrons. The maximum atomic E-state index is 11.6. The van der Waals surface area contributed by atoms with Crippen molar-refractivity contribution in [3.05, 3.63) is 0 Å². The molecule has 1 heterocycles. The molecule has 4 nitrogen and oxygen atoms in total. The maximum absolute atomic E-state index is 11.6. The normalized spacial score (nSPS) is 19.5. The number of aliphatic hydroxyl groups is 1. The number of unbranched alkanes of at least 4 members (excludes halogenated alkanes) is 1. The van der Waals surface area contributed by atoms with Crippen LogP contribution in [-0.2, 0) is 9.63 Å². The molecule has 1 fully saturated rings. The van der Waals surface area contributed by atoms with E-state index in [0.717, 1.165) is 18.1 Å². The number of carbonyl (C=O) groups excluding carboxylic acids is 1. The number of amides is 1. The lowest BCUT2D eigenvalue weighted by Crippen LogP contribution is -2.27. The van der Waals surface area contributed by atoms with E-state index in [1.54, 1.807) is 7.05 Å². The minimum absolute atomic E-state index is 0.00750. The number of rotatable bonds is 8. The van der Waals surface area contributed by atoms with Crippen LogP contribution in [0.25, 0.3) is 0 Å². The first-order chi connectivity index (χ1) is 8.24. The molecule has 0 aromatic rings. The second-order valence-electron chi connectivity index (χ2n) is 4.02. The van der Waals surface area contributed by atoms with Crippen molar-refractivity contribution in [3.63, 3.8) is 0 Å². The third-order valence-corrected chi connectivity index (χ3v) is 5.63. The molecule has 1 N–H and O–H groups in total. The van der Waals surface area contributed by atoms with Crippen molar-refractivity contribution in [2.45, 2.75) is 37.4 Å². The van der Waals surface area contributed by atoms with Crippen LogP contribution in [0.4, 0.5) is 0 Å². The first-order valence-corrected chi connectivity index (χ1v) is 8.41. The summed E-state index contributed by atoms with van der Waals surface area (Å²) in [5, 5.41) is 10.6. The van der Waals surface area contributed by atoms with E-state index in [1.165, 1.54) is 23.7 Å². The first kappa shape index (κ1) is 15.1. The summed E-state index contributed by atoms with van der Waals surface area (Å²) in [5.74, 6) is 1.26. The maximum Gasteiger partial charge on any atom is 0.245 e. The van der Waals surface area contributed by atoms with Gasteiger partial charge in [-0.05, 0) is 19.3 Å². The van der Waals surface area contributed by atoms with E-state index in [9.17, 15) is 4.79 Å². The molecule has 1 rings (SSSR count). The zero-order valence-corrected chi connectivity index (χ0v) is 11.9. The Morgan fingerprint density at radius 1 is 1.53 bits per heavy atom. The van der Waals surface area contributed by atoms with Gasteiger partial charge >= 0.3 is 0 Å². The summed E-state index contributed by atoms with van der Waals surface area (Å²) in [6.07, 6.45) is 5.09. The van der Waals surface area contributed by atoms with Crippen molar-refractivity contribution in [1.82, 2.24) is 5.06 Å². The zero-order valence-electron chi connectivity index (χ0n) is 10.3. The Morgan fingerprint density at radius 2 is 2.35 bits per heavy atom. The van der Waals surface area contributed by atoms with Crippen LogP contribution in [-0.4, -0.2) is 47.3 Å². The standard InChI is InChI=1S/C11H21NO3S2/c1-12(15-8-7-13)11(14)5-3-2-4-10-6-9-16-17-10/h10,13H,2-9H2,1H3. The van der Waals surface area contributed by atoms with Gasteiger partial charge in [0.2, 0.25) is 5.91 Å². The van der Waals surface area contributed by atoms with Crippen LogP contribution in [0.2, 0.25) is 0 Å². The van der Waals surface area contributed by atoms with E-state index in [-0.39, 0.29) is 19.1 Å². The van der Waals surface area contributed by atoms with E-state index < -0.39 is 0 Å². The van der Waals surface area contributed by atoms with Gasteiger partial charge in [-0.2, -0.15) is 0 Å². The van der Waals surface area contributed by atoms with Gasteiger partial charge in [0.15, 0.2) is 0 Å². The second-order valence-corrected chi connectivity index (χ2v) is 6.81. The van der Waals surface area contributed by atoms with Crippen LogP contribution in [0.5, 0.6) is 0 Å². The highest BCUT2D eigenvalue weighted by Gasteiger charge is 2.16. The molecular weight excluding hydrogens is 258 g/mol. The highest BCUT2D eigenvalue weighted by atomic mass is 33.1. The highest BCUT2D eigenvalue weighted by molar-refractivity contribution is 8.77. The topological polar surface area (TPSA) is 49.8 Å². The Hall–Kier alpha value is 0.0900. The summed E-state index contributed by atoms with van der Waals surface area (Å²) in [6, 6.07) is 0. The average Bonchev–Trinajstić information content (AvgIpc) is 2.84. The molecule has 1 saturated heterocycles. The smallest absolute Gasteiger partial charge is 0.245 e. The fraction of sp³-hybridized carbons (Fsp3) is 0.909. The predicted molar refractivity (Wildman–Crippen MR) is 72.7 cm³/mol. The molecule has 17 heavy (non-hydrogen) atoms. The summed E-state index contributed by atoms with van der Waals surface area (Å²) in [7, 11) is 5.54. The second kappa shape index (κ2) is 9.08. The SMILES string of the molecule is CN(OCCO)C(=O)CCCCC1CCSS1. The van der Waals surface area contributed by atoms with Crippen molar-refractivity contribution in [2.24, 2.45) is 0 Å². The molecule has 6 heteroatoms. The molecule has 1 amide bonds. The number of hydrogen-bond donors (Lipinski definition) is 1. The van der Waals surface area contributed by atoms with E-state index in [0.29, 0.717) is 6.42 Å². The molecule has 0 spiro atoms. The summed E-state index contributed by atoms with van der Waals surface area (Å²) in [4.78, 5) is 16.6. The van der Waals surface area contributed by atoms with Gasteiger partial charge in [0.05, 0.1) is 13.2 Å². The van der Waals surface area contributed by atoms with Crippen molar-refractivity contribution < 1.29 is 14.7 Å². The lowest BCUT2D eigenvalue weighted by atomic mass is 10.1. The Bertz CT molecular complexity index is 223. The quantitative estimate of drug-likeness (QED) is 0.419. The summed E-state index contributed by atoms with van der Waals surface area (Å²) >= 11 is 0. The van der Waals surface area contributed by atoms with Crippen LogP contribution in [0, 0.1) is 0 Å². The first-order valence-electron chi connectivity index (χ1n) is 6.02. The Balaban J connectivity index is 1.98. The van der Waals surface area contributed by atoms with Gasteiger partial charge < -0.3 is 5.11 Å². The van der Waals surface area contributed by atoms with E-state index in [2.05, 4.69) is 0 Å². The van der Waals surface area contributed by atoms with Gasteiger partial charge in [-0.25, -0.2) is 5.06 Å². The Labute approximate surface area is 111 Å². The summed E-state index contributed by atoms with van der Waals surface area (Å²) in [5.41, 5.74) is 0. The number of nitrogens with zero attached hydrogens (tertiary/aromatic N) is 1. The third-order valence-electron chi connectivity index (χ3n) is 2.62. The molecule has 1 unspecified atom stereocenters. The molecule has 0 aromatic heterocycles. The monoisotopic (exact) mass is 279 g/mol. The highest BCUT2D eigenvalue weighted by Crippen LogP contribution is 2.39. The van der Waals surface area contributed by atoms with Crippen LogP contribution in [0.15, 0.2) is 0 Å². The molecular formula is C11H21NO3S2. The van der Waals surface area contributed by atoms with E-state index >= 15 is 0 Å². The van der Waals surface area contributed by atoms with E-state index in [4.69, 9.17) is 9.94 Å². The molecule has 0 aromatic carbocycles. The average molecular weight is 279 g/mol. The Kier molecular flexibility index (Phi) is 8.09. The molecule has 1 atom stereocenters. The number of hydroxylamine groups is 2.